The summed E-state index contributed by atoms with van der Waals surface area (Å²) < 4.78 is 5.93. The molecule has 2 amide bonds. The Kier molecular flexibility index (Phi) is 10.5. The van der Waals surface area contributed by atoms with Crippen LogP contribution in [-0.2, 0) is 16.0 Å². The zero-order chi connectivity index (χ0) is 25.3. The minimum absolute atomic E-state index is 0.0946. The Balaban J connectivity index is 1.72. The highest BCUT2D eigenvalue weighted by Gasteiger charge is 2.42. The van der Waals surface area contributed by atoms with Crippen molar-refractivity contribution in [3.05, 3.63) is 35.9 Å². The minimum atomic E-state index is -0.981. The number of ketones is 1. The summed E-state index contributed by atoms with van der Waals surface area (Å²) in [5.74, 6) is 1.08. The van der Waals surface area contributed by atoms with Gasteiger partial charge < -0.3 is 15.0 Å². The van der Waals surface area contributed by atoms with E-state index in [-0.39, 0.29) is 17.4 Å². The van der Waals surface area contributed by atoms with Crippen LogP contribution in [0.3, 0.4) is 0 Å². The molecule has 8 heteroatoms. The molecule has 0 spiro atoms. The summed E-state index contributed by atoms with van der Waals surface area (Å²) >= 11 is 1.44. The van der Waals surface area contributed by atoms with Crippen LogP contribution in [0.15, 0.2) is 35.4 Å². The molecule has 0 saturated heterocycles. The molecule has 1 atom stereocenters. The lowest BCUT2D eigenvalue weighted by Crippen LogP contribution is -2.55. The number of urea groups is 1. The summed E-state index contributed by atoms with van der Waals surface area (Å²) in [5, 5.41) is 9.45. The van der Waals surface area contributed by atoms with Gasteiger partial charge in [-0.2, -0.15) is 5.01 Å². The van der Waals surface area contributed by atoms with Gasteiger partial charge in [0.1, 0.15) is 0 Å². The number of nitrogens with one attached hydrogen (secondary N) is 1. The molecule has 3 rings (SSSR count). The lowest BCUT2D eigenvalue weighted by Gasteiger charge is -2.39. The van der Waals surface area contributed by atoms with Crippen LogP contribution < -0.4 is 5.32 Å². The quantitative estimate of drug-likeness (QED) is 0.447. The van der Waals surface area contributed by atoms with Crippen molar-refractivity contribution in [1.82, 2.24) is 15.2 Å². The van der Waals surface area contributed by atoms with Crippen molar-refractivity contribution in [2.75, 3.05) is 26.4 Å². The summed E-state index contributed by atoms with van der Waals surface area (Å²) in [5.41, 5.74) is 0.989. The van der Waals surface area contributed by atoms with E-state index in [9.17, 15) is 9.59 Å². The predicted octanol–water partition coefficient (Wildman–Crippen LogP) is 5.26. The molecule has 1 aromatic rings. The molecular formula is C27H42N4O3S. The van der Waals surface area contributed by atoms with E-state index >= 15 is 0 Å². The molecule has 7 nitrogen and oxygen atoms in total. The number of nitrogens with zero attached hydrogens (tertiary/aromatic N) is 3. The van der Waals surface area contributed by atoms with Crippen molar-refractivity contribution in [3.63, 3.8) is 0 Å². The second-order valence-corrected chi connectivity index (χ2v) is 11.5. The van der Waals surface area contributed by atoms with E-state index in [0.717, 1.165) is 57.2 Å². The molecule has 0 bridgehead atoms. The van der Waals surface area contributed by atoms with Crippen LogP contribution in [0.5, 0.6) is 0 Å². The summed E-state index contributed by atoms with van der Waals surface area (Å²) in [6.45, 7) is 5.03. The number of hydrogen-bond donors (Lipinski definition) is 1. The number of hydrogen-bond acceptors (Lipinski definition) is 6. The number of benzene rings is 1. The lowest BCUT2D eigenvalue weighted by molar-refractivity contribution is -0.131. The molecule has 1 saturated carbocycles. The normalized spacial score (nSPS) is 19.5. The van der Waals surface area contributed by atoms with Gasteiger partial charge in [0, 0.05) is 24.3 Å². The van der Waals surface area contributed by atoms with Gasteiger partial charge in [-0.1, -0.05) is 75.2 Å². The van der Waals surface area contributed by atoms with E-state index in [4.69, 9.17) is 4.74 Å². The van der Waals surface area contributed by atoms with E-state index in [1.807, 2.05) is 20.2 Å². The van der Waals surface area contributed by atoms with Crippen LogP contribution in [0.2, 0.25) is 0 Å². The van der Waals surface area contributed by atoms with Crippen LogP contribution in [-0.4, -0.2) is 65.1 Å². The molecule has 1 unspecified atom stereocenters. The molecule has 194 valence electrons. The Labute approximate surface area is 215 Å². The highest BCUT2D eigenvalue weighted by atomic mass is 32.2. The molecule has 1 fully saturated rings. The summed E-state index contributed by atoms with van der Waals surface area (Å²) in [7, 11) is 4.02. The van der Waals surface area contributed by atoms with Crippen LogP contribution >= 0.6 is 11.8 Å². The summed E-state index contributed by atoms with van der Waals surface area (Å²) in [6.07, 6.45) is 7.20. The Morgan fingerprint density at radius 2 is 1.91 bits per heavy atom. The summed E-state index contributed by atoms with van der Waals surface area (Å²) in [6, 6.07) is 10.1. The maximum Gasteiger partial charge on any atom is 0.342 e. The average molecular weight is 503 g/mol. The highest BCUT2D eigenvalue weighted by molar-refractivity contribution is 8.13. The van der Waals surface area contributed by atoms with Crippen LogP contribution in [0.1, 0.15) is 70.8 Å². The predicted molar refractivity (Wildman–Crippen MR) is 143 cm³/mol. The summed E-state index contributed by atoms with van der Waals surface area (Å²) in [4.78, 5) is 28.7. The van der Waals surface area contributed by atoms with E-state index in [0.29, 0.717) is 17.6 Å². The Morgan fingerprint density at radius 3 is 2.57 bits per heavy atom. The maximum atomic E-state index is 13.6. The van der Waals surface area contributed by atoms with Gasteiger partial charge >= 0.3 is 6.03 Å². The first kappa shape index (κ1) is 27.5. The number of carbonyl (C=O) groups is 2. The fourth-order valence-electron chi connectivity index (χ4n) is 4.57. The van der Waals surface area contributed by atoms with E-state index in [1.54, 1.807) is 0 Å². The van der Waals surface area contributed by atoms with Gasteiger partial charge in [-0.3, -0.25) is 4.79 Å². The molecule has 0 aromatic heterocycles. The number of aryl methyl sites for hydroxylation is 1. The van der Waals surface area contributed by atoms with E-state index in [2.05, 4.69) is 53.4 Å². The SMILES string of the molecule is CC(C)CCC(=O)C1OC(SCCN(C)C)=NN1C(=O)NC1(CCc2ccccc2)CCCCC1. The molecule has 2 aliphatic rings. The zero-order valence-electron chi connectivity index (χ0n) is 21.8. The van der Waals surface area contributed by atoms with Crippen molar-refractivity contribution in [3.8, 4) is 0 Å². The monoisotopic (exact) mass is 502 g/mol. The molecule has 1 aliphatic heterocycles. The third-order valence-electron chi connectivity index (χ3n) is 6.76. The van der Waals surface area contributed by atoms with Gasteiger partial charge in [0.05, 0.1) is 0 Å². The third-order valence-corrected chi connectivity index (χ3v) is 7.57. The van der Waals surface area contributed by atoms with Crippen LogP contribution in [0.4, 0.5) is 4.79 Å². The first-order chi connectivity index (χ1) is 16.8. The number of carbonyl (C=O) groups excluding carboxylic acids is 2. The molecule has 1 heterocycles. The second-order valence-electron chi connectivity index (χ2n) is 10.5. The first-order valence-corrected chi connectivity index (χ1v) is 14.0. The van der Waals surface area contributed by atoms with E-state index < -0.39 is 6.23 Å². The van der Waals surface area contributed by atoms with Crippen LogP contribution in [0.25, 0.3) is 0 Å². The smallest absolute Gasteiger partial charge is 0.342 e. The number of thioether (sulfide) groups is 1. The van der Waals surface area contributed by atoms with E-state index in [1.165, 1.54) is 28.8 Å². The number of hydrazone groups is 1. The Bertz CT molecular complexity index is 853. The number of ether oxygens (including phenoxy) is 1. The average Bonchev–Trinajstić information content (AvgIpc) is 3.27. The fourth-order valence-corrected chi connectivity index (χ4v) is 5.51. The van der Waals surface area contributed by atoms with Crippen molar-refractivity contribution in [1.29, 1.82) is 0 Å². The van der Waals surface area contributed by atoms with Gasteiger partial charge in [-0.25, -0.2) is 4.79 Å². The van der Waals surface area contributed by atoms with Gasteiger partial charge in [0.2, 0.25) is 0 Å². The lowest BCUT2D eigenvalue weighted by atomic mass is 9.78. The van der Waals surface area contributed by atoms with Crippen molar-refractivity contribution < 1.29 is 14.3 Å². The van der Waals surface area contributed by atoms with Crippen molar-refractivity contribution in [2.24, 2.45) is 11.0 Å². The zero-order valence-corrected chi connectivity index (χ0v) is 22.6. The molecule has 1 aliphatic carbocycles. The molecule has 1 N–H and O–H groups in total. The van der Waals surface area contributed by atoms with Gasteiger partial charge in [-0.15, -0.1) is 5.10 Å². The minimum Gasteiger partial charge on any atom is -0.438 e. The maximum absolute atomic E-state index is 13.6. The topological polar surface area (TPSA) is 74.2 Å². The standard InChI is InChI=1S/C27H42N4O3S/c1-21(2)13-14-23(32)24-31(29-26(34-24)35-20-19-30(3)4)25(33)28-27(16-9-6-10-17-27)18-15-22-11-7-5-8-12-22/h5,7-8,11-12,21,24H,6,9-10,13-20H2,1-4H3,(H,28,33). The van der Waals surface area contributed by atoms with Gasteiger partial charge in [-0.05, 0) is 57.7 Å². The number of Topliss-reactive ketones (excluding diaryl/α,β-unsaturated/α-hetero) is 1. The first-order valence-electron chi connectivity index (χ1n) is 13.0. The van der Waals surface area contributed by atoms with Crippen LogP contribution in [0, 0.1) is 5.92 Å². The number of amides is 2. The van der Waals surface area contributed by atoms with Gasteiger partial charge in [0.25, 0.3) is 11.5 Å². The van der Waals surface area contributed by atoms with Gasteiger partial charge in [0.15, 0.2) is 5.78 Å². The highest BCUT2D eigenvalue weighted by Crippen LogP contribution is 2.33. The third kappa shape index (κ3) is 8.53. The largest absolute Gasteiger partial charge is 0.438 e. The molecule has 1 aromatic carbocycles. The number of rotatable bonds is 11. The van der Waals surface area contributed by atoms with Crippen molar-refractivity contribution in [2.45, 2.75) is 83.4 Å². The second kappa shape index (κ2) is 13.3. The van der Waals surface area contributed by atoms with Crippen molar-refractivity contribution >= 4 is 28.8 Å². The molecule has 35 heavy (non-hydrogen) atoms. The molecular weight excluding hydrogens is 460 g/mol. The fraction of sp³-hybridized carbons (Fsp3) is 0.667. The Morgan fingerprint density at radius 1 is 1.20 bits per heavy atom. The Hall–Kier alpha value is -2.06. The molecule has 0 radical (unpaired) electrons.